The molecule has 180 valence electrons. The van der Waals surface area contributed by atoms with Crippen molar-refractivity contribution in [1.82, 2.24) is 19.4 Å². The van der Waals surface area contributed by atoms with E-state index in [1.807, 2.05) is 26.0 Å². The predicted molar refractivity (Wildman–Crippen MR) is 128 cm³/mol. The van der Waals surface area contributed by atoms with Gasteiger partial charge >= 0.3 is 0 Å². The number of pyridine rings is 1. The van der Waals surface area contributed by atoms with Gasteiger partial charge in [0.25, 0.3) is 5.56 Å². The van der Waals surface area contributed by atoms with Crippen LogP contribution in [0.4, 0.5) is 8.78 Å². The van der Waals surface area contributed by atoms with Gasteiger partial charge in [0, 0.05) is 53.0 Å². The second kappa shape index (κ2) is 8.92. The molecular formula is C27H26F2N4O2. The number of ether oxygens (including phenoxy) is 1. The summed E-state index contributed by atoms with van der Waals surface area (Å²) in [7, 11) is 0. The number of nitrogens with zero attached hydrogens (tertiary/aromatic N) is 4. The first kappa shape index (κ1) is 23.2. The quantitative estimate of drug-likeness (QED) is 0.401. The molecule has 1 aromatic carbocycles. The summed E-state index contributed by atoms with van der Waals surface area (Å²) in [5.41, 5.74) is 4.94. The minimum absolute atomic E-state index is 0.0253. The lowest BCUT2D eigenvalue weighted by molar-refractivity contribution is 0.00448. The summed E-state index contributed by atoms with van der Waals surface area (Å²) < 4.78 is 36.0. The Morgan fingerprint density at radius 1 is 1.00 bits per heavy atom. The van der Waals surface area contributed by atoms with E-state index in [9.17, 15) is 13.6 Å². The fourth-order valence-electron chi connectivity index (χ4n) is 4.76. The monoisotopic (exact) mass is 476 g/mol. The molecule has 6 nitrogen and oxygen atoms in total. The van der Waals surface area contributed by atoms with Crippen molar-refractivity contribution in [2.24, 2.45) is 0 Å². The van der Waals surface area contributed by atoms with Crippen LogP contribution in [0.5, 0.6) is 0 Å². The maximum absolute atomic E-state index is 14.9. The highest BCUT2D eigenvalue weighted by atomic mass is 19.1. The van der Waals surface area contributed by atoms with E-state index in [1.165, 1.54) is 16.5 Å². The van der Waals surface area contributed by atoms with Gasteiger partial charge in [-0.25, -0.2) is 18.7 Å². The number of aromatic nitrogens is 4. The van der Waals surface area contributed by atoms with E-state index >= 15 is 0 Å². The first-order valence-corrected chi connectivity index (χ1v) is 11.6. The van der Waals surface area contributed by atoms with E-state index in [2.05, 4.69) is 9.97 Å². The van der Waals surface area contributed by atoms with E-state index < -0.39 is 11.6 Å². The Morgan fingerprint density at radius 3 is 2.46 bits per heavy atom. The molecule has 1 fully saturated rings. The standard InChI is InChI=1S/C27H26F2N4O2/c1-14-9-19(10-15(2)30-14)24-11-18(7-8-35-24)23-13-33-26(31-17(4)16(3)27(33)34)25(32-23)21-6-5-20(28)12-22(21)29/h5-6,9-10,12-13,18,24H,7-8,11H2,1-4H3/t18-,24+/m0/s1. The van der Waals surface area contributed by atoms with Gasteiger partial charge in [0.1, 0.15) is 17.3 Å². The van der Waals surface area contributed by atoms with Gasteiger partial charge in [0.2, 0.25) is 0 Å². The molecule has 0 radical (unpaired) electrons. The molecule has 4 heterocycles. The van der Waals surface area contributed by atoms with Crippen LogP contribution in [-0.2, 0) is 4.74 Å². The maximum atomic E-state index is 14.9. The van der Waals surface area contributed by atoms with Crippen molar-refractivity contribution in [3.63, 3.8) is 0 Å². The Bertz CT molecular complexity index is 1500. The largest absolute Gasteiger partial charge is 0.373 e. The average Bonchev–Trinajstić information content (AvgIpc) is 2.82. The number of rotatable bonds is 3. The second-order valence-corrected chi connectivity index (χ2v) is 9.22. The summed E-state index contributed by atoms with van der Waals surface area (Å²) in [6, 6.07) is 7.38. The molecule has 0 unspecified atom stereocenters. The van der Waals surface area contributed by atoms with Crippen LogP contribution in [0.3, 0.4) is 0 Å². The minimum atomic E-state index is -0.753. The zero-order chi connectivity index (χ0) is 24.9. The van der Waals surface area contributed by atoms with Crippen molar-refractivity contribution >= 4 is 5.65 Å². The van der Waals surface area contributed by atoms with E-state index in [0.717, 1.165) is 23.0 Å². The van der Waals surface area contributed by atoms with Crippen LogP contribution in [0.15, 0.2) is 41.3 Å². The highest BCUT2D eigenvalue weighted by Crippen LogP contribution is 2.38. The van der Waals surface area contributed by atoms with Crippen molar-refractivity contribution in [3.05, 3.63) is 92.4 Å². The van der Waals surface area contributed by atoms with Crippen LogP contribution in [0.25, 0.3) is 16.9 Å². The van der Waals surface area contributed by atoms with Gasteiger partial charge in [-0.2, -0.15) is 0 Å². The highest BCUT2D eigenvalue weighted by Gasteiger charge is 2.28. The lowest BCUT2D eigenvalue weighted by atomic mass is 9.89. The molecule has 5 rings (SSSR count). The Kier molecular flexibility index (Phi) is 5.92. The third-order valence-corrected chi connectivity index (χ3v) is 6.66. The fourth-order valence-corrected chi connectivity index (χ4v) is 4.76. The molecule has 2 atom stereocenters. The number of benzene rings is 1. The van der Waals surface area contributed by atoms with Gasteiger partial charge in [-0.05, 0) is 70.4 Å². The zero-order valence-electron chi connectivity index (χ0n) is 20.1. The smallest absolute Gasteiger partial charge is 0.261 e. The van der Waals surface area contributed by atoms with Gasteiger partial charge < -0.3 is 4.74 Å². The number of aryl methyl sites for hydroxylation is 3. The molecule has 8 heteroatoms. The van der Waals surface area contributed by atoms with E-state index in [-0.39, 0.29) is 34.5 Å². The Morgan fingerprint density at radius 2 is 1.74 bits per heavy atom. The van der Waals surface area contributed by atoms with Crippen molar-refractivity contribution < 1.29 is 13.5 Å². The number of hydrogen-bond donors (Lipinski definition) is 0. The lowest BCUT2D eigenvalue weighted by Crippen LogP contribution is -2.24. The van der Waals surface area contributed by atoms with Gasteiger partial charge in [0.05, 0.1) is 11.8 Å². The van der Waals surface area contributed by atoms with E-state index in [4.69, 9.17) is 9.72 Å². The van der Waals surface area contributed by atoms with E-state index in [1.54, 1.807) is 20.0 Å². The van der Waals surface area contributed by atoms with Gasteiger partial charge in [0.15, 0.2) is 5.65 Å². The lowest BCUT2D eigenvalue weighted by Gasteiger charge is -2.30. The summed E-state index contributed by atoms with van der Waals surface area (Å²) in [5, 5.41) is 0. The molecule has 35 heavy (non-hydrogen) atoms. The maximum Gasteiger partial charge on any atom is 0.261 e. The van der Waals surface area contributed by atoms with Crippen LogP contribution in [-0.4, -0.2) is 26.0 Å². The summed E-state index contributed by atoms with van der Waals surface area (Å²) in [6.07, 6.45) is 2.92. The van der Waals surface area contributed by atoms with Crippen LogP contribution in [0.2, 0.25) is 0 Å². The molecule has 4 aromatic rings. The highest BCUT2D eigenvalue weighted by molar-refractivity contribution is 5.74. The fraction of sp³-hybridized carbons (Fsp3) is 0.333. The normalized spacial score (nSPS) is 18.2. The number of hydrogen-bond acceptors (Lipinski definition) is 5. The van der Waals surface area contributed by atoms with Crippen molar-refractivity contribution in [2.75, 3.05) is 6.61 Å². The second-order valence-electron chi connectivity index (χ2n) is 9.22. The first-order chi connectivity index (χ1) is 16.7. The molecule has 0 bridgehead atoms. The molecule has 1 aliphatic heterocycles. The summed E-state index contributed by atoms with van der Waals surface area (Å²) in [4.78, 5) is 27.0. The van der Waals surface area contributed by atoms with Crippen LogP contribution in [0, 0.1) is 39.3 Å². The summed E-state index contributed by atoms with van der Waals surface area (Å²) in [5.74, 6) is -1.46. The molecule has 1 aliphatic rings. The van der Waals surface area contributed by atoms with Crippen molar-refractivity contribution in [2.45, 2.75) is 52.6 Å². The Labute approximate surface area is 201 Å². The van der Waals surface area contributed by atoms with Crippen LogP contribution < -0.4 is 5.56 Å². The minimum Gasteiger partial charge on any atom is -0.373 e. The number of halogens is 2. The predicted octanol–water partition coefficient (Wildman–Crippen LogP) is 5.30. The molecule has 3 aromatic heterocycles. The van der Waals surface area contributed by atoms with E-state index in [0.29, 0.717) is 36.4 Å². The number of fused-ring (bicyclic) bond motifs is 1. The third kappa shape index (κ3) is 4.34. The molecule has 1 saturated heterocycles. The molecule has 0 saturated carbocycles. The molecule has 0 N–H and O–H groups in total. The Balaban J connectivity index is 1.66. The van der Waals surface area contributed by atoms with Crippen LogP contribution >= 0.6 is 0 Å². The SMILES string of the molecule is Cc1cc([C@H]2C[C@@H](c3cn4c(=O)c(C)c(C)nc4c(-c4ccc(F)cc4F)n3)CCO2)cc(C)n1. The average molecular weight is 477 g/mol. The zero-order valence-corrected chi connectivity index (χ0v) is 20.1. The Hall–Kier alpha value is -3.52. The van der Waals surface area contributed by atoms with Crippen LogP contribution in [0.1, 0.15) is 58.8 Å². The third-order valence-electron chi connectivity index (χ3n) is 6.66. The molecule has 0 aliphatic carbocycles. The van der Waals surface area contributed by atoms with Gasteiger partial charge in [-0.15, -0.1) is 0 Å². The molecule has 0 amide bonds. The summed E-state index contributed by atoms with van der Waals surface area (Å²) >= 11 is 0. The first-order valence-electron chi connectivity index (χ1n) is 11.6. The topological polar surface area (TPSA) is 69.4 Å². The van der Waals surface area contributed by atoms with Gasteiger partial charge in [-0.3, -0.25) is 14.2 Å². The van der Waals surface area contributed by atoms with Gasteiger partial charge in [-0.1, -0.05) is 0 Å². The summed E-state index contributed by atoms with van der Waals surface area (Å²) in [6.45, 7) is 7.88. The van der Waals surface area contributed by atoms with Crippen molar-refractivity contribution in [3.8, 4) is 11.3 Å². The molecule has 0 spiro atoms. The van der Waals surface area contributed by atoms with Crippen molar-refractivity contribution in [1.29, 1.82) is 0 Å². The molecular weight excluding hydrogens is 450 g/mol.